The third-order valence-corrected chi connectivity index (χ3v) is 4.76. The molecule has 0 spiro atoms. The fourth-order valence-corrected chi connectivity index (χ4v) is 3.19. The van der Waals surface area contributed by atoms with Gasteiger partial charge in [-0.3, -0.25) is 4.98 Å². The third-order valence-electron chi connectivity index (χ3n) is 4.76. The van der Waals surface area contributed by atoms with Crippen LogP contribution in [0.25, 0.3) is 0 Å². The van der Waals surface area contributed by atoms with E-state index in [9.17, 15) is 0 Å². The van der Waals surface area contributed by atoms with Crippen molar-refractivity contribution in [1.29, 1.82) is 0 Å². The molecule has 0 aliphatic carbocycles. The molecule has 0 amide bonds. The van der Waals surface area contributed by atoms with E-state index in [2.05, 4.69) is 34.9 Å². The van der Waals surface area contributed by atoms with E-state index in [4.69, 9.17) is 9.47 Å². The largest absolute Gasteiger partial charge is 0.493 e. The zero-order chi connectivity index (χ0) is 21.6. The molecule has 0 atom stereocenters. The number of pyridine rings is 1. The van der Waals surface area contributed by atoms with Crippen LogP contribution in [0.1, 0.15) is 55.0 Å². The fourth-order valence-electron chi connectivity index (χ4n) is 3.19. The number of nitrogens with zero attached hydrogens (tertiary/aromatic N) is 2. The summed E-state index contributed by atoms with van der Waals surface area (Å²) in [4.78, 5) is 9.02. The van der Waals surface area contributed by atoms with E-state index in [-0.39, 0.29) is 0 Å². The molecular formula is C25H34N2O3. The summed E-state index contributed by atoms with van der Waals surface area (Å²) in [7, 11) is 1.52. The summed E-state index contributed by atoms with van der Waals surface area (Å²) in [5.41, 5.74) is 4.30. The third kappa shape index (κ3) is 8.27. The van der Waals surface area contributed by atoms with Gasteiger partial charge in [0.1, 0.15) is 25.2 Å². The molecule has 30 heavy (non-hydrogen) atoms. The summed E-state index contributed by atoms with van der Waals surface area (Å²) in [6.07, 6.45) is 13.1. The number of hydrogen-bond donors (Lipinski definition) is 0. The lowest BCUT2D eigenvalue weighted by atomic mass is 10.1. The van der Waals surface area contributed by atoms with Gasteiger partial charge in [0.25, 0.3) is 0 Å². The molecule has 0 N–H and O–H groups in total. The summed E-state index contributed by atoms with van der Waals surface area (Å²) >= 11 is 0. The van der Waals surface area contributed by atoms with Crippen LogP contribution in [0.3, 0.4) is 0 Å². The molecule has 5 nitrogen and oxygen atoms in total. The molecule has 1 aromatic heterocycles. The van der Waals surface area contributed by atoms with Crippen molar-refractivity contribution in [2.75, 3.05) is 20.3 Å². The van der Waals surface area contributed by atoms with Crippen LogP contribution in [0.5, 0.6) is 11.5 Å². The molecular weight excluding hydrogens is 376 g/mol. The van der Waals surface area contributed by atoms with Crippen molar-refractivity contribution in [2.45, 2.75) is 52.9 Å². The van der Waals surface area contributed by atoms with Crippen LogP contribution in [0.15, 0.2) is 47.8 Å². The summed E-state index contributed by atoms with van der Waals surface area (Å²) in [6, 6.07) is 8.16. The maximum Gasteiger partial charge on any atom is 0.125 e. The Labute approximate surface area is 180 Å². The number of rotatable bonds is 13. The maximum absolute atomic E-state index is 6.06. The predicted octanol–water partition coefficient (Wildman–Crippen LogP) is 5.82. The molecule has 0 saturated heterocycles. The van der Waals surface area contributed by atoms with Gasteiger partial charge < -0.3 is 14.3 Å². The molecule has 162 valence electrons. The van der Waals surface area contributed by atoms with Gasteiger partial charge in [-0.25, -0.2) is 0 Å². The van der Waals surface area contributed by atoms with Crippen molar-refractivity contribution in [3.8, 4) is 11.5 Å². The standard InChI is InChI=1S/C25H34N2O3/c1-5-6-14-29-24-16-20(2)25(21(3)17-24)30-15-10-8-7-9-11-22-12-13-23(26-18-22)19-27-28-4/h5-6,12-13,16-19H,7-11,14-15H2,1-4H3/b6-5+,27-19?. The highest BCUT2D eigenvalue weighted by atomic mass is 16.6. The molecule has 1 heterocycles. The number of allylic oxidation sites excluding steroid dienone is 1. The van der Waals surface area contributed by atoms with E-state index < -0.39 is 0 Å². The van der Waals surface area contributed by atoms with Crippen molar-refractivity contribution in [2.24, 2.45) is 5.16 Å². The van der Waals surface area contributed by atoms with Crippen molar-refractivity contribution < 1.29 is 14.3 Å². The Morgan fingerprint density at radius 1 is 1.00 bits per heavy atom. The van der Waals surface area contributed by atoms with E-state index in [0.29, 0.717) is 6.61 Å². The van der Waals surface area contributed by atoms with E-state index in [1.54, 1.807) is 6.21 Å². The molecule has 0 radical (unpaired) electrons. The summed E-state index contributed by atoms with van der Waals surface area (Å²) in [6.45, 7) is 7.48. The average Bonchev–Trinajstić information content (AvgIpc) is 2.74. The smallest absolute Gasteiger partial charge is 0.125 e. The number of unbranched alkanes of at least 4 members (excludes halogenated alkanes) is 3. The Morgan fingerprint density at radius 3 is 2.43 bits per heavy atom. The lowest BCUT2D eigenvalue weighted by Gasteiger charge is -2.14. The minimum absolute atomic E-state index is 0.595. The van der Waals surface area contributed by atoms with Gasteiger partial charge in [0.2, 0.25) is 0 Å². The average molecular weight is 411 g/mol. The molecule has 5 heteroatoms. The molecule has 0 aliphatic rings. The van der Waals surface area contributed by atoms with Gasteiger partial charge >= 0.3 is 0 Å². The van der Waals surface area contributed by atoms with Crippen LogP contribution < -0.4 is 9.47 Å². The summed E-state index contributed by atoms with van der Waals surface area (Å²) < 4.78 is 11.8. The van der Waals surface area contributed by atoms with Crippen LogP contribution in [0.2, 0.25) is 0 Å². The van der Waals surface area contributed by atoms with E-state index in [0.717, 1.165) is 60.6 Å². The number of oxime groups is 1. The molecule has 0 aliphatic heterocycles. The number of ether oxygens (including phenoxy) is 2. The first-order chi connectivity index (χ1) is 14.6. The molecule has 0 fully saturated rings. The van der Waals surface area contributed by atoms with Crippen molar-refractivity contribution >= 4 is 6.21 Å². The van der Waals surface area contributed by atoms with Crippen LogP contribution >= 0.6 is 0 Å². The first kappa shape index (κ1) is 23.5. The Morgan fingerprint density at radius 2 is 1.77 bits per heavy atom. The monoisotopic (exact) mass is 410 g/mol. The minimum atomic E-state index is 0.595. The Hall–Kier alpha value is -2.82. The summed E-state index contributed by atoms with van der Waals surface area (Å²) in [5, 5.41) is 3.72. The molecule has 2 aromatic rings. The van der Waals surface area contributed by atoms with Gasteiger partial charge in [0.05, 0.1) is 18.5 Å². The number of aryl methyl sites for hydroxylation is 3. The maximum atomic E-state index is 6.06. The van der Waals surface area contributed by atoms with Crippen molar-refractivity contribution in [3.63, 3.8) is 0 Å². The highest BCUT2D eigenvalue weighted by Crippen LogP contribution is 2.28. The van der Waals surface area contributed by atoms with Crippen LogP contribution in [-0.2, 0) is 11.3 Å². The second kappa shape index (κ2) is 13.4. The Kier molecular flexibility index (Phi) is 10.5. The zero-order valence-electron chi connectivity index (χ0n) is 18.7. The van der Waals surface area contributed by atoms with E-state index >= 15 is 0 Å². The number of hydrogen-bond acceptors (Lipinski definition) is 5. The molecule has 0 unspecified atom stereocenters. The molecule has 1 aromatic carbocycles. The van der Waals surface area contributed by atoms with Crippen LogP contribution in [0, 0.1) is 13.8 Å². The van der Waals surface area contributed by atoms with E-state index in [1.165, 1.54) is 19.1 Å². The first-order valence-corrected chi connectivity index (χ1v) is 10.6. The quantitative estimate of drug-likeness (QED) is 0.181. The fraction of sp³-hybridized carbons (Fsp3) is 0.440. The van der Waals surface area contributed by atoms with Gasteiger partial charge in [-0.15, -0.1) is 0 Å². The highest BCUT2D eigenvalue weighted by Gasteiger charge is 2.07. The second-order valence-electron chi connectivity index (χ2n) is 7.29. The van der Waals surface area contributed by atoms with Crippen molar-refractivity contribution in [1.82, 2.24) is 4.98 Å². The minimum Gasteiger partial charge on any atom is -0.493 e. The van der Waals surface area contributed by atoms with Crippen molar-refractivity contribution in [3.05, 3.63) is 65.0 Å². The van der Waals surface area contributed by atoms with Gasteiger partial charge in [0.15, 0.2) is 0 Å². The highest BCUT2D eigenvalue weighted by molar-refractivity contribution is 5.76. The van der Waals surface area contributed by atoms with E-state index in [1.807, 2.05) is 43.5 Å². The van der Waals surface area contributed by atoms with Crippen LogP contribution in [0.4, 0.5) is 0 Å². The lowest BCUT2D eigenvalue weighted by Crippen LogP contribution is -2.02. The second-order valence-corrected chi connectivity index (χ2v) is 7.29. The zero-order valence-corrected chi connectivity index (χ0v) is 18.7. The number of benzene rings is 1. The molecule has 0 bridgehead atoms. The Bertz CT molecular complexity index is 791. The Balaban J connectivity index is 1.65. The topological polar surface area (TPSA) is 52.9 Å². The summed E-state index contributed by atoms with van der Waals surface area (Å²) in [5.74, 6) is 1.88. The molecule has 0 saturated carbocycles. The molecule has 2 rings (SSSR count). The van der Waals surface area contributed by atoms with Gasteiger partial charge in [-0.1, -0.05) is 36.2 Å². The SMILES string of the molecule is C/C=C/COc1cc(C)c(OCCCCCCc2ccc(C=NOC)nc2)c(C)c1. The van der Waals surface area contributed by atoms with Gasteiger partial charge in [-0.2, -0.15) is 0 Å². The first-order valence-electron chi connectivity index (χ1n) is 10.6. The lowest BCUT2D eigenvalue weighted by molar-refractivity contribution is 0.215. The van der Waals surface area contributed by atoms with Crippen LogP contribution in [-0.4, -0.2) is 31.5 Å². The van der Waals surface area contributed by atoms with Gasteiger partial charge in [0, 0.05) is 6.20 Å². The number of aromatic nitrogens is 1. The normalized spacial score (nSPS) is 11.3. The van der Waals surface area contributed by atoms with Gasteiger partial charge in [-0.05, 0) is 74.9 Å². The predicted molar refractivity (Wildman–Crippen MR) is 123 cm³/mol.